The number of esters is 1. The smallest absolute Gasteiger partial charge is 0.341 e. The van der Waals surface area contributed by atoms with E-state index < -0.39 is 0 Å². The third-order valence-electron chi connectivity index (χ3n) is 5.54. The largest absolute Gasteiger partial charge is 0.465 e. The van der Waals surface area contributed by atoms with Crippen molar-refractivity contribution >= 4 is 40.0 Å². The third-order valence-corrected chi connectivity index (χ3v) is 7.77. The Hall–Kier alpha value is -2.65. The quantitative estimate of drug-likeness (QED) is 0.321. The van der Waals surface area contributed by atoms with Gasteiger partial charge in [0, 0.05) is 17.5 Å². The molecule has 1 N–H and O–H groups in total. The number of carbonyl (C=O) groups excluding carboxylic acids is 2. The molecule has 1 aliphatic rings. The maximum absolute atomic E-state index is 12.7. The fraction of sp³-hybridized carbons (Fsp3) is 0.391. The Balaban J connectivity index is 1.46. The van der Waals surface area contributed by atoms with Gasteiger partial charge in [-0.25, -0.2) is 4.79 Å². The Bertz CT molecular complexity index is 1140. The van der Waals surface area contributed by atoms with Crippen LogP contribution in [0.4, 0.5) is 5.00 Å². The summed E-state index contributed by atoms with van der Waals surface area (Å²) in [5.74, 6) is 0.353. The van der Waals surface area contributed by atoms with Crippen LogP contribution in [0.3, 0.4) is 0 Å². The van der Waals surface area contributed by atoms with Crippen LogP contribution in [-0.2, 0) is 29.4 Å². The van der Waals surface area contributed by atoms with Gasteiger partial charge in [-0.05, 0) is 38.2 Å². The average Bonchev–Trinajstić information content (AvgIpc) is 3.23. The van der Waals surface area contributed by atoms with Gasteiger partial charge >= 0.3 is 5.97 Å². The second kappa shape index (κ2) is 9.87. The first-order valence-electron chi connectivity index (χ1n) is 10.6. The predicted octanol–water partition coefficient (Wildman–Crippen LogP) is 4.64. The number of anilines is 1. The molecule has 0 radical (unpaired) electrons. The summed E-state index contributed by atoms with van der Waals surface area (Å²) in [6.45, 7) is 2.04. The number of aryl methyl sites for hydroxylation is 2. The molecule has 0 spiro atoms. The van der Waals surface area contributed by atoms with E-state index in [1.165, 1.54) is 40.6 Å². The third kappa shape index (κ3) is 4.73. The van der Waals surface area contributed by atoms with Crippen LogP contribution in [0.2, 0.25) is 0 Å². The summed E-state index contributed by atoms with van der Waals surface area (Å²) in [5.41, 5.74) is 3.72. The zero-order valence-corrected chi connectivity index (χ0v) is 20.1. The molecular formula is C23H26N4O3S2. The lowest BCUT2D eigenvalue weighted by Crippen LogP contribution is -2.16. The molecular weight excluding hydrogens is 444 g/mol. The first-order valence-corrected chi connectivity index (χ1v) is 12.4. The summed E-state index contributed by atoms with van der Waals surface area (Å²) < 4.78 is 6.90. The van der Waals surface area contributed by atoms with E-state index in [-0.39, 0.29) is 17.6 Å². The molecule has 0 fully saturated rings. The van der Waals surface area contributed by atoms with Gasteiger partial charge in [0.25, 0.3) is 0 Å². The monoisotopic (exact) mass is 470 g/mol. The molecule has 2 aromatic heterocycles. The van der Waals surface area contributed by atoms with Gasteiger partial charge in [-0.2, -0.15) is 0 Å². The number of ether oxygens (including phenoxy) is 1. The van der Waals surface area contributed by atoms with Gasteiger partial charge in [0.1, 0.15) is 5.00 Å². The summed E-state index contributed by atoms with van der Waals surface area (Å²) in [6, 6.07) is 8.09. The van der Waals surface area contributed by atoms with Crippen molar-refractivity contribution in [1.29, 1.82) is 0 Å². The molecule has 0 unspecified atom stereocenters. The van der Waals surface area contributed by atoms with E-state index in [2.05, 4.69) is 15.5 Å². The van der Waals surface area contributed by atoms with Crippen LogP contribution < -0.4 is 5.32 Å². The van der Waals surface area contributed by atoms with Crippen LogP contribution in [-0.4, -0.2) is 39.5 Å². The molecule has 3 aromatic rings. The van der Waals surface area contributed by atoms with Crippen molar-refractivity contribution < 1.29 is 14.3 Å². The van der Waals surface area contributed by atoms with Crippen molar-refractivity contribution in [3.05, 3.63) is 45.8 Å². The first kappa shape index (κ1) is 22.5. The molecule has 0 aliphatic heterocycles. The predicted molar refractivity (Wildman–Crippen MR) is 127 cm³/mol. The lowest BCUT2D eigenvalue weighted by Gasteiger charge is -2.07. The maximum Gasteiger partial charge on any atom is 0.341 e. The number of hydrogen-bond acceptors (Lipinski definition) is 7. The number of hydrogen-bond donors (Lipinski definition) is 1. The highest BCUT2D eigenvalue weighted by molar-refractivity contribution is 7.99. The average molecular weight is 471 g/mol. The summed E-state index contributed by atoms with van der Waals surface area (Å²) in [4.78, 5) is 26.4. The van der Waals surface area contributed by atoms with Crippen LogP contribution in [0.5, 0.6) is 0 Å². The van der Waals surface area contributed by atoms with Crippen molar-refractivity contribution in [2.45, 2.75) is 44.2 Å². The van der Waals surface area contributed by atoms with Crippen LogP contribution in [0.15, 0.2) is 29.4 Å². The number of nitrogens with one attached hydrogen (secondary N) is 1. The van der Waals surface area contributed by atoms with Crippen molar-refractivity contribution in [2.24, 2.45) is 7.05 Å². The summed E-state index contributed by atoms with van der Waals surface area (Å²) in [5, 5.41) is 12.7. The molecule has 1 amide bonds. The number of thioether (sulfide) groups is 1. The van der Waals surface area contributed by atoms with Crippen LogP contribution in [0.1, 0.15) is 45.6 Å². The van der Waals surface area contributed by atoms with Crippen molar-refractivity contribution in [3.63, 3.8) is 0 Å². The minimum atomic E-state index is -0.386. The molecule has 1 aromatic carbocycles. The zero-order chi connectivity index (χ0) is 22.7. The molecule has 0 atom stereocenters. The summed E-state index contributed by atoms with van der Waals surface area (Å²) in [7, 11) is 3.27. The topological polar surface area (TPSA) is 86.1 Å². The molecule has 4 rings (SSSR count). The Labute approximate surface area is 195 Å². The van der Waals surface area contributed by atoms with E-state index in [9.17, 15) is 9.59 Å². The second-order valence-corrected chi connectivity index (χ2v) is 9.88. The van der Waals surface area contributed by atoms with Gasteiger partial charge in [0.15, 0.2) is 11.0 Å². The molecule has 0 saturated heterocycles. The number of thiophene rings is 1. The fourth-order valence-corrected chi connectivity index (χ4v) is 5.84. The lowest BCUT2D eigenvalue weighted by atomic mass is 10.1. The van der Waals surface area contributed by atoms with Crippen LogP contribution in [0, 0.1) is 6.92 Å². The van der Waals surface area contributed by atoms with Crippen LogP contribution in [0.25, 0.3) is 11.4 Å². The number of aromatic nitrogens is 3. The minimum Gasteiger partial charge on any atom is -0.465 e. The standard InChI is InChI=1S/C23H26N4O3S2/c1-14-9-11-15(12-10-14)20-25-26-23(27(20)2)31-13-18(28)24-21-19(22(29)30-3)16-7-5-4-6-8-17(16)32-21/h9-12H,4-8,13H2,1-3H3,(H,24,28). The Morgan fingerprint density at radius 1 is 1.16 bits per heavy atom. The van der Waals surface area contributed by atoms with E-state index in [0.29, 0.717) is 15.7 Å². The highest BCUT2D eigenvalue weighted by Gasteiger charge is 2.26. The van der Waals surface area contributed by atoms with Gasteiger partial charge < -0.3 is 14.6 Å². The first-order chi connectivity index (χ1) is 15.5. The van der Waals surface area contributed by atoms with E-state index in [1.807, 2.05) is 42.8 Å². The van der Waals surface area contributed by atoms with Gasteiger partial charge in [0.2, 0.25) is 5.91 Å². The molecule has 168 valence electrons. The number of nitrogens with zero attached hydrogens (tertiary/aromatic N) is 3. The molecule has 32 heavy (non-hydrogen) atoms. The number of methoxy groups -OCH3 is 1. The highest BCUT2D eigenvalue weighted by Crippen LogP contribution is 2.38. The van der Waals surface area contributed by atoms with Crippen molar-refractivity contribution in [2.75, 3.05) is 18.2 Å². The van der Waals surface area contributed by atoms with E-state index in [1.54, 1.807) is 0 Å². The van der Waals surface area contributed by atoms with E-state index in [0.717, 1.165) is 49.1 Å². The molecule has 0 bridgehead atoms. The Morgan fingerprint density at radius 3 is 2.66 bits per heavy atom. The second-order valence-electron chi connectivity index (χ2n) is 7.83. The van der Waals surface area contributed by atoms with Crippen molar-refractivity contribution in [1.82, 2.24) is 14.8 Å². The fourth-order valence-electron chi connectivity index (χ4n) is 3.84. The highest BCUT2D eigenvalue weighted by atomic mass is 32.2. The zero-order valence-electron chi connectivity index (χ0n) is 18.4. The number of carbonyl (C=O) groups is 2. The molecule has 7 nitrogen and oxygen atoms in total. The summed E-state index contributed by atoms with van der Waals surface area (Å²) >= 11 is 2.82. The van der Waals surface area contributed by atoms with E-state index >= 15 is 0 Å². The van der Waals surface area contributed by atoms with E-state index in [4.69, 9.17) is 4.74 Å². The molecule has 2 heterocycles. The molecule has 1 aliphatic carbocycles. The van der Waals surface area contributed by atoms with Gasteiger partial charge in [-0.1, -0.05) is 48.0 Å². The Kier molecular flexibility index (Phi) is 6.95. The SMILES string of the molecule is COC(=O)c1c(NC(=O)CSc2nnc(-c3ccc(C)cc3)n2C)sc2c1CCCCC2. The number of fused-ring (bicyclic) bond motifs is 1. The number of amides is 1. The molecule has 0 saturated carbocycles. The summed E-state index contributed by atoms with van der Waals surface area (Å²) in [6.07, 6.45) is 5.10. The van der Waals surface area contributed by atoms with Crippen molar-refractivity contribution in [3.8, 4) is 11.4 Å². The maximum atomic E-state index is 12.7. The van der Waals surface area contributed by atoms with Gasteiger partial charge in [0.05, 0.1) is 18.4 Å². The van der Waals surface area contributed by atoms with Crippen LogP contribution >= 0.6 is 23.1 Å². The number of benzene rings is 1. The van der Waals surface area contributed by atoms with Gasteiger partial charge in [-0.3, -0.25) is 4.79 Å². The Morgan fingerprint density at radius 2 is 1.91 bits per heavy atom. The lowest BCUT2D eigenvalue weighted by molar-refractivity contribution is -0.113. The minimum absolute atomic E-state index is 0.170. The normalized spacial score (nSPS) is 13.3. The molecule has 9 heteroatoms. The van der Waals surface area contributed by atoms with Gasteiger partial charge in [-0.15, -0.1) is 21.5 Å². The number of rotatable bonds is 6.